The van der Waals surface area contributed by atoms with Crippen LogP contribution in [0, 0.1) is 5.82 Å². The van der Waals surface area contributed by atoms with Gasteiger partial charge in [-0.2, -0.15) is 0 Å². The van der Waals surface area contributed by atoms with Gasteiger partial charge in [0.1, 0.15) is 11.9 Å². The van der Waals surface area contributed by atoms with Gasteiger partial charge in [-0.25, -0.2) is 9.18 Å². The Labute approximate surface area is 123 Å². The van der Waals surface area contributed by atoms with E-state index in [-0.39, 0.29) is 18.8 Å². The van der Waals surface area contributed by atoms with Crippen molar-refractivity contribution in [1.29, 1.82) is 0 Å². The number of amides is 1. The quantitative estimate of drug-likeness (QED) is 0.885. The topological polar surface area (TPSA) is 77.8 Å². The minimum Gasteiger partial charge on any atom is -0.480 e. The monoisotopic (exact) mass is 309 g/mol. The third-order valence-corrected chi connectivity index (χ3v) is 4.62. The van der Waals surface area contributed by atoms with Crippen molar-refractivity contribution in [1.82, 2.24) is 4.90 Å². The second kappa shape index (κ2) is 5.09. The number of carbonyl (C=O) groups excluding carboxylic acids is 1. The number of aliphatic hydroxyl groups excluding tert-OH is 1. The number of carbonyl (C=O) groups is 2. The molecule has 1 aliphatic heterocycles. The third-order valence-electron chi connectivity index (χ3n) is 3.51. The van der Waals surface area contributed by atoms with Crippen LogP contribution in [0.5, 0.6) is 0 Å². The molecule has 7 heteroatoms. The van der Waals surface area contributed by atoms with Crippen molar-refractivity contribution in [3.05, 3.63) is 35.0 Å². The number of β-amino-alcohol motifs (C(OH)–C–C–N with tert-alkyl or cyclic N) is 1. The second-order valence-corrected chi connectivity index (χ2v) is 6.08. The standard InChI is InChI=1S/C14H12FNO4S/c15-8-1-2-11-7(3-8)4-12(21-11)13(18)16-6-9(17)5-10(16)14(19)20/h1-4,9-10,17H,5-6H2,(H,19,20)/t9?,10-/m0/s1. The zero-order valence-electron chi connectivity index (χ0n) is 10.8. The molecule has 0 spiro atoms. The molecule has 1 amide bonds. The molecule has 0 saturated carbocycles. The van der Waals surface area contributed by atoms with Crippen LogP contribution in [0.25, 0.3) is 10.1 Å². The van der Waals surface area contributed by atoms with E-state index in [2.05, 4.69) is 0 Å². The Balaban J connectivity index is 1.94. The van der Waals surface area contributed by atoms with Gasteiger partial charge in [-0.3, -0.25) is 4.79 Å². The lowest BCUT2D eigenvalue weighted by Gasteiger charge is -2.20. The Bertz CT molecular complexity index is 729. The predicted octanol–water partition coefficient (Wildman–Crippen LogP) is 1.70. The summed E-state index contributed by atoms with van der Waals surface area (Å²) in [6.07, 6.45) is -0.803. The first-order chi connectivity index (χ1) is 9.95. The summed E-state index contributed by atoms with van der Waals surface area (Å²) in [5, 5.41) is 19.3. The molecule has 1 aliphatic rings. The highest BCUT2D eigenvalue weighted by Gasteiger charge is 2.39. The second-order valence-electron chi connectivity index (χ2n) is 4.99. The van der Waals surface area contributed by atoms with Gasteiger partial charge in [0.2, 0.25) is 0 Å². The highest BCUT2D eigenvalue weighted by Crippen LogP contribution is 2.29. The number of carboxylic acid groups (broad SMARTS) is 1. The molecule has 1 aromatic heterocycles. The Hall–Kier alpha value is -1.99. The van der Waals surface area contributed by atoms with Crippen molar-refractivity contribution in [3.63, 3.8) is 0 Å². The van der Waals surface area contributed by atoms with Crippen LogP contribution < -0.4 is 0 Å². The molecule has 2 atom stereocenters. The first-order valence-corrected chi connectivity index (χ1v) is 7.18. The maximum absolute atomic E-state index is 13.2. The van der Waals surface area contributed by atoms with E-state index < -0.39 is 24.0 Å². The van der Waals surface area contributed by atoms with Crippen LogP contribution in [0.15, 0.2) is 24.3 Å². The molecule has 21 heavy (non-hydrogen) atoms. The molecule has 0 radical (unpaired) electrons. The first-order valence-electron chi connectivity index (χ1n) is 6.36. The van der Waals surface area contributed by atoms with Gasteiger partial charge in [-0.05, 0) is 29.7 Å². The van der Waals surface area contributed by atoms with E-state index in [1.165, 1.54) is 23.5 Å². The Morgan fingerprint density at radius 1 is 1.33 bits per heavy atom. The Morgan fingerprint density at radius 2 is 2.10 bits per heavy atom. The van der Waals surface area contributed by atoms with Crippen molar-refractivity contribution >= 4 is 33.3 Å². The van der Waals surface area contributed by atoms with Gasteiger partial charge in [0, 0.05) is 17.7 Å². The van der Waals surface area contributed by atoms with Crippen molar-refractivity contribution in [2.24, 2.45) is 0 Å². The summed E-state index contributed by atoms with van der Waals surface area (Å²) < 4.78 is 13.9. The van der Waals surface area contributed by atoms with Crippen LogP contribution >= 0.6 is 11.3 Å². The number of likely N-dealkylation sites (tertiary alicyclic amines) is 1. The summed E-state index contributed by atoms with van der Waals surface area (Å²) in [6.45, 7) is -0.00158. The fourth-order valence-corrected chi connectivity index (χ4v) is 3.53. The summed E-state index contributed by atoms with van der Waals surface area (Å²) in [4.78, 5) is 25.1. The number of halogens is 1. The molecule has 110 valence electrons. The molecule has 1 unspecified atom stereocenters. The van der Waals surface area contributed by atoms with Crippen LogP contribution in [-0.4, -0.2) is 45.7 Å². The molecule has 3 rings (SSSR count). The van der Waals surface area contributed by atoms with Crippen molar-refractivity contribution in [3.8, 4) is 0 Å². The smallest absolute Gasteiger partial charge is 0.326 e. The van der Waals surface area contributed by atoms with E-state index in [0.717, 1.165) is 9.60 Å². The van der Waals surface area contributed by atoms with Crippen LogP contribution in [0.2, 0.25) is 0 Å². The molecule has 2 N–H and O–H groups in total. The highest BCUT2D eigenvalue weighted by molar-refractivity contribution is 7.20. The molecule has 1 fully saturated rings. The van der Waals surface area contributed by atoms with Crippen LogP contribution in [0.1, 0.15) is 16.1 Å². The van der Waals surface area contributed by atoms with Gasteiger partial charge in [-0.15, -0.1) is 11.3 Å². The van der Waals surface area contributed by atoms with Crippen LogP contribution in [0.3, 0.4) is 0 Å². The highest BCUT2D eigenvalue weighted by atomic mass is 32.1. The van der Waals surface area contributed by atoms with E-state index in [1.807, 2.05) is 0 Å². The average Bonchev–Trinajstić information content (AvgIpc) is 3.00. The SMILES string of the molecule is O=C(O)[C@@H]1CC(O)CN1C(=O)c1cc2cc(F)ccc2s1. The zero-order valence-corrected chi connectivity index (χ0v) is 11.6. The fourth-order valence-electron chi connectivity index (χ4n) is 2.53. The van der Waals surface area contributed by atoms with Crippen LogP contribution in [0.4, 0.5) is 4.39 Å². The van der Waals surface area contributed by atoms with Gasteiger partial charge >= 0.3 is 5.97 Å². The number of hydrogen-bond acceptors (Lipinski definition) is 4. The summed E-state index contributed by atoms with van der Waals surface area (Å²) in [6, 6.07) is 4.76. The molecule has 5 nitrogen and oxygen atoms in total. The third kappa shape index (κ3) is 2.50. The summed E-state index contributed by atoms with van der Waals surface area (Å²) in [5.41, 5.74) is 0. The normalized spacial score (nSPS) is 21.9. The lowest BCUT2D eigenvalue weighted by Crippen LogP contribution is -2.40. The van der Waals surface area contributed by atoms with E-state index >= 15 is 0 Å². The maximum atomic E-state index is 13.2. The summed E-state index contributed by atoms with van der Waals surface area (Å²) >= 11 is 1.18. The van der Waals surface area contributed by atoms with Gasteiger partial charge in [-0.1, -0.05) is 0 Å². The fraction of sp³-hybridized carbons (Fsp3) is 0.286. The largest absolute Gasteiger partial charge is 0.480 e. The molecule has 2 heterocycles. The molecule has 1 aromatic carbocycles. The first kappa shape index (κ1) is 14.0. The van der Waals surface area contributed by atoms with Crippen molar-refractivity contribution in [2.75, 3.05) is 6.54 Å². The lowest BCUT2D eigenvalue weighted by molar-refractivity contribution is -0.141. The minimum atomic E-state index is -1.13. The number of aliphatic carboxylic acids is 1. The number of rotatable bonds is 2. The number of aliphatic hydroxyl groups is 1. The van der Waals surface area contributed by atoms with E-state index in [4.69, 9.17) is 5.11 Å². The number of carboxylic acids is 1. The predicted molar refractivity (Wildman–Crippen MR) is 74.9 cm³/mol. The number of hydrogen-bond donors (Lipinski definition) is 2. The number of nitrogens with zero attached hydrogens (tertiary/aromatic N) is 1. The molecule has 0 aliphatic carbocycles. The van der Waals surface area contributed by atoms with Crippen molar-refractivity contribution < 1.29 is 24.2 Å². The van der Waals surface area contributed by atoms with Gasteiger partial charge in [0.25, 0.3) is 5.91 Å². The van der Waals surface area contributed by atoms with E-state index in [9.17, 15) is 19.1 Å². The molecular weight excluding hydrogens is 297 g/mol. The van der Waals surface area contributed by atoms with Gasteiger partial charge in [0.15, 0.2) is 0 Å². The van der Waals surface area contributed by atoms with E-state index in [0.29, 0.717) is 10.3 Å². The number of thiophene rings is 1. The summed E-state index contributed by atoms with van der Waals surface area (Å²) in [7, 11) is 0. The maximum Gasteiger partial charge on any atom is 0.326 e. The number of fused-ring (bicyclic) bond motifs is 1. The molecule has 0 bridgehead atoms. The van der Waals surface area contributed by atoms with E-state index in [1.54, 1.807) is 12.1 Å². The van der Waals surface area contributed by atoms with Crippen LogP contribution in [-0.2, 0) is 4.79 Å². The molecule has 1 saturated heterocycles. The zero-order chi connectivity index (χ0) is 15.1. The Kier molecular flexibility index (Phi) is 3.38. The van der Waals surface area contributed by atoms with Gasteiger partial charge in [0.05, 0.1) is 11.0 Å². The minimum absolute atomic E-state index is 0.00158. The van der Waals surface area contributed by atoms with Crippen molar-refractivity contribution in [2.45, 2.75) is 18.6 Å². The lowest BCUT2D eigenvalue weighted by atomic mass is 10.2. The number of benzene rings is 1. The Morgan fingerprint density at radius 3 is 2.81 bits per heavy atom. The average molecular weight is 309 g/mol. The summed E-state index contributed by atoms with van der Waals surface area (Å²) in [5.74, 6) is -1.97. The molecule has 2 aromatic rings. The van der Waals surface area contributed by atoms with Gasteiger partial charge < -0.3 is 15.1 Å². The molecular formula is C14H12FNO4S.